The van der Waals surface area contributed by atoms with Crippen LogP contribution < -0.4 is 0 Å². The van der Waals surface area contributed by atoms with Crippen LogP contribution in [0.3, 0.4) is 0 Å². The van der Waals surface area contributed by atoms with E-state index in [1.165, 1.54) is 16.7 Å². The molecule has 1 amide bonds. The molecule has 5 heteroatoms. The van der Waals surface area contributed by atoms with Gasteiger partial charge in [0, 0.05) is 18.5 Å². The summed E-state index contributed by atoms with van der Waals surface area (Å²) in [7, 11) is 1.61. The number of nitrogens with zero attached hydrogens (tertiary/aromatic N) is 1. The number of amides is 1. The molecule has 0 unspecified atom stereocenters. The van der Waals surface area contributed by atoms with Gasteiger partial charge in [0.15, 0.2) is 0 Å². The lowest BCUT2D eigenvalue weighted by Crippen LogP contribution is -2.29. The number of carbonyl (C=O) groups is 2. The molecular weight excluding hydrogens is 238 g/mol. The number of carbonyl (C=O) groups excluding carboxylic acids is 1. The summed E-state index contributed by atoms with van der Waals surface area (Å²) in [6.07, 6.45) is 1.87. The first-order valence-corrected chi connectivity index (χ1v) is 6.39. The van der Waals surface area contributed by atoms with E-state index in [0.717, 1.165) is 4.90 Å². The fourth-order valence-electron chi connectivity index (χ4n) is 1.39. The largest absolute Gasteiger partial charge is 0.481 e. The van der Waals surface area contributed by atoms with Crippen LogP contribution in [-0.4, -0.2) is 41.7 Å². The molecule has 0 aliphatic heterocycles. The summed E-state index contributed by atoms with van der Waals surface area (Å²) >= 11 is 1.50. The van der Waals surface area contributed by atoms with E-state index in [-0.39, 0.29) is 18.9 Å². The number of carboxylic acid groups (broad SMARTS) is 1. The standard InChI is InChI=1S/C12H15NO3S/c1-13(8-7-11(14)15)12(16)9-5-3-4-6-10(9)17-2/h3-6H,7-8H2,1-2H3,(H,14,15). The number of carboxylic acids is 1. The second kappa shape index (κ2) is 6.30. The van der Waals surface area contributed by atoms with Gasteiger partial charge in [0.2, 0.25) is 0 Å². The number of hydrogen-bond donors (Lipinski definition) is 1. The van der Waals surface area contributed by atoms with Crippen LogP contribution in [0.4, 0.5) is 0 Å². The molecule has 0 aromatic heterocycles. The van der Waals surface area contributed by atoms with Gasteiger partial charge in [0.05, 0.1) is 12.0 Å². The third-order valence-corrected chi connectivity index (χ3v) is 3.14. The highest BCUT2D eigenvalue weighted by molar-refractivity contribution is 7.98. The molecule has 4 nitrogen and oxygen atoms in total. The number of thioether (sulfide) groups is 1. The summed E-state index contributed by atoms with van der Waals surface area (Å²) in [4.78, 5) is 24.8. The van der Waals surface area contributed by atoms with E-state index in [1.807, 2.05) is 18.4 Å². The first kappa shape index (κ1) is 13.6. The molecule has 0 radical (unpaired) electrons. The summed E-state index contributed by atoms with van der Waals surface area (Å²) in [5.41, 5.74) is 0.618. The third kappa shape index (κ3) is 3.78. The van der Waals surface area contributed by atoms with Gasteiger partial charge in [0.25, 0.3) is 5.91 Å². The molecule has 0 saturated carbocycles. The van der Waals surface area contributed by atoms with Crippen LogP contribution in [0.15, 0.2) is 29.2 Å². The minimum Gasteiger partial charge on any atom is -0.481 e. The Morgan fingerprint density at radius 1 is 1.35 bits per heavy atom. The fraction of sp³-hybridized carbons (Fsp3) is 0.333. The lowest BCUT2D eigenvalue weighted by Gasteiger charge is -2.17. The van der Waals surface area contributed by atoms with Crippen LogP contribution in [-0.2, 0) is 4.79 Å². The molecule has 0 spiro atoms. The molecule has 0 heterocycles. The highest BCUT2D eigenvalue weighted by Gasteiger charge is 2.15. The minimum absolute atomic E-state index is 0.0380. The Balaban J connectivity index is 2.77. The molecule has 17 heavy (non-hydrogen) atoms. The molecule has 1 aromatic carbocycles. The quantitative estimate of drug-likeness (QED) is 0.815. The highest BCUT2D eigenvalue weighted by Crippen LogP contribution is 2.20. The Morgan fingerprint density at radius 3 is 2.59 bits per heavy atom. The van der Waals surface area contributed by atoms with Crippen molar-refractivity contribution in [3.63, 3.8) is 0 Å². The second-order valence-electron chi connectivity index (χ2n) is 3.57. The molecule has 0 atom stereocenters. The lowest BCUT2D eigenvalue weighted by atomic mass is 10.2. The van der Waals surface area contributed by atoms with Crippen LogP contribution in [0.2, 0.25) is 0 Å². The van der Waals surface area contributed by atoms with Crippen LogP contribution in [0.25, 0.3) is 0 Å². The first-order chi connectivity index (χ1) is 8.06. The zero-order valence-electron chi connectivity index (χ0n) is 9.84. The average Bonchev–Trinajstić information content (AvgIpc) is 2.34. The van der Waals surface area contributed by atoms with Crippen molar-refractivity contribution in [3.05, 3.63) is 29.8 Å². The Kier molecular flexibility index (Phi) is 5.03. The Morgan fingerprint density at radius 2 is 2.00 bits per heavy atom. The minimum atomic E-state index is -0.900. The number of hydrogen-bond acceptors (Lipinski definition) is 3. The molecule has 92 valence electrons. The first-order valence-electron chi connectivity index (χ1n) is 5.16. The van der Waals surface area contributed by atoms with Gasteiger partial charge in [-0.05, 0) is 18.4 Å². The number of benzene rings is 1. The summed E-state index contributed by atoms with van der Waals surface area (Å²) < 4.78 is 0. The Hall–Kier alpha value is -1.49. The van der Waals surface area contributed by atoms with Gasteiger partial charge in [-0.25, -0.2) is 0 Å². The summed E-state index contributed by atoms with van der Waals surface area (Å²) in [6, 6.07) is 7.31. The predicted molar refractivity (Wildman–Crippen MR) is 67.4 cm³/mol. The number of rotatable bonds is 5. The maximum absolute atomic E-state index is 12.1. The van der Waals surface area contributed by atoms with Crippen molar-refractivity contribution in [2.45, 2.75) is 11.3 Å². The van der Waals surface area contributed by atoms with Gasteiger partial charge in [-0.15, -0.1) is 11.8 Å². The van der Waals surface area contributed by atoms with Crippen molar-refractivity contribution < 1.29 is 14.7 Å². The summed E-state index contributed by atoms with van der Waals surface area (Å²) in [5, 5.41) is 8.57. The van der Waals surface area contributed by atoms with Crippen molar-refractivity contribution >= 4 is 23.6 Å². The van der Waals surface area contributed by atoms with Crippen molar-refractivity contribution in [1.29, 1.82) is 0 Å². The van der Waals surface area contributed by atoms with Gasteiger partial charge in [0.1, 0.15) is 0 Å². The molecule has 1 rings (SSSR count). The molecule has 1 aromatic rings. The maximum atomic E-state index is 12.1. The molecule has 0 bridgehead atoms. The molecule has 1 N–H and O–H groups in total. The van der Waals surface area contributed by atoms with Crippen molar-refractivity contribution in [2.75, 3.05) is 19.8 Å². The zero-order valence-corrected chi connectivity index (χ0v) is 10.7. The van der Waals surface area contributed by atoms with E-state index in [2.05, 4.69) is 0 Å². The molecule has 0 saturated heterocycles. The van der Waals surface area contributed by atoms with Crippen LogP contribution in [0.5, 0.6) is 0 Å². The van der Waals surface area contributed by atoms with Gasteiger partial charge in [-0.3, -0.25) is 9.59 Å². The topological polar surface area (TPSA) is 57.6 Å². The van der Waals surface area contributed by atoms with E-state index in [9.17, 15) is 9.59 Å². The van der Waals surface area contributed by atoms with Gasteiger partial charge in [-0.1, -0.05) is 12.1 Å². The lowest BCUT2D eigenvalue weighted by molar-refractivity contribution is -0.137. The van der Waals surface area contributed by atoms with E-state index in [0.29, 0.717) is 5.56 Å². The highest BCUT2D eigenvalue weighted by atomic mass is 32.2. The second-order valence-corrected chi connectivity index (χ2v) is 4.42. The van der Waals surface area contributed by atoms with Crippen molar-refractivity contribution in [2.24, 2.45) is 0 Å². The SMILES string of the molecule is CSc1ccccc1C(=O)N(C)CCC(=O)O. The molecular formula is C12H15NO3S. The van der Waals surface area contributed by atoms with E-state index in [4.69, 9.17) is 5.11 Å². The Bertz CT molecular complexity index is 420. The third-order valence-electron chi connectivity index (χ3n) is 2.35. The molecule has 0 aliphatic carbocycles. The van der Waals surface area contributed by atoms with Crippen LogP contribution in [0, 0.1) is 0 Å². The Labute approximate surface area is 105 Å². The normalized spacial score (nSPS) is 10.0. The van der Waals surface area contributed by atoms with Gasteiger partial charge < -0.3 is 10.0 Å². The monoisotopic (exact) mass is 253 g/mol. The van der Waals surface area contributed by atoms with Gasteiger partial charge >= 0.3 is 5.97 Å². The van der Waals surface area contributed by atoms with Gasteiger partial charge in [-0.2, -0.15) is 0 Å². The number of aliphatic carboxylic acids is 1. The summed E-state index contributed by atoms with van der Waals surface area (Å²) in [5.74, 6) is -1.04. The van der Waals surface area contributed by atoms with Crippen molar-refractivity contribution in [3.8, 4) is 0 Å². The molecule has 0 fully saturated rings. The van der Waals surface area contributed by atoms with E-state index in [1.54, 1.807) is 19.2 Å². The van der Waals surface area contributed by atoms with Crippen LogP contribution >= 0.6 is 11.8 Å². The van der Waals surface area contributed by atoms with Crippen LogP contribution in [0.1, 0.15) is 16.8 Å². The fourth-order valence-corrected chi connectivity index (χ4v) is 1.98. The zero-order chi connectivity index (χ0) is 12.8. The predicted octanol–water partition coefficient (Wildman–Crippen LogP) is 1.96. The molecule has 0 aliphatic rings. The van der Waals surface area contributed by atoms with E-state index >= 15 is 0 Å². The smallest absolute Gasteiger partial charge is 0.305 e. The summed E-state index contributed by atoms with van der Waals surface area (Å²) in [6.45, 7) is 0.219. The van der Waals surface area contributed by atoms with Crippen molar-refractivity contribution in [1.82, 2.24) is 4.90 Å². The average molecular weight is 253 g/mol. The maximum Gasteiger partial charge on any atom is 0.305 e. The van der Waals surface area contributed by atoms with E-state index < -0.39 is 5.97 Å².